The van der Waals surface area contributed by atoms with Gasteiger partial charge in [0.15, 0.2) is 0 Å². The average Bonchev–Trinajstić information content (AvgIpc) is 2.83. The standard InChI is InChI=1S/C27H36FNO5/c1-26(2,3)24-19-22(12-14-29(24)25(30)31)27(32,20-8-5-4-6-9-20)21-10-7-11-23(18-21)34-17-16-33-15-13-28/h4-11,18,22,24,32H,12-17,19H2,1-3H3,(H,30,31). The predicted molar refractivity (Wildman–Crippen MR) is 129 cm³/mol. The highest BCUT2D eigenvalue weighted by Crippen LogP contribution is 2.46. The fourth-order valence-electron chi connectivity index (χ4n) is 4.92. The third-order valence-corrected chi connectivity index (χ3v) is 6.64. The number of carboxylic acid groups (broad SMARTS) is 1. The number of hydrogen-bond acceptors (Lipinski definition) is 4. The first-order valence-corrected chi connectivity index (χ1v) is 11.8. The SMILES string of the molecule is CC(C)(C)C1CC(C(O)(c2ccccc2)c2cccc(OCCOCCF)c2)CCN1C(=O)O. The van der Waals surface area contributed by atoms with Crippen LogP contribution in [0.1, 0.15) is 44.7 Å². The molecular formula is C27H36FNO5. The molecule has 2 aromatic rings. The molecule has 7 heteroatoms. The van der Waals surface area contributed by atoms with Crippen molar-refractivity contribution < 1.29 is 28.9 Å². The first-order chi connectivity index (χ1) is 16.2. The molecule has 3 rings (SSSR count). The first kappa shape index (κ1) is 26.0. The summed E-state index contributed by atoms with van der Waals surface area (Å²) in [5.74, 6) is 0.393. The van der Waals surface area contributed by atoms with Crippen molar-refractivity contribution in [3.63, 3.8) is 0 Å². The highest BCUT2D eigenvalue weighted by molar-refractivity contribution is 5.65. The number of halogens is 1. The number of hydrogen-bond donors (Lipinski definition) is 2. The van der Waals surface area contributed by atoms with E-state index in [-0.39, 0.29) is 37.2 Å². The lowest BCUT2D eigenvalue weighted by atomic mass is 9.67. The van der Waals surface area contributed by atoms with Gasteiger partial charge in [0.2, 0.25) is 0 Å². The lowest BCUT2D eigenvalue weighted by Gasteiger charge is -2.49. The maximum absolute atomic E-state index is 12.4. The molecule has 0 saturated carbocycles. The van der Waals surface area contributed by atoms with Crippen molar-refractivity contribution in [3.8, 4) is 5.75 Å². The zero-order valence-electron chi connectivity index (χ0n) is 20.2. The van der Waals surface area contributed by atoms with Crippen LogP contribution in [0, 0.1) is 11.3 Å². The van der Waals surface area contributed by atoms with Crippen LogP contribution in [0.5, 0.6) is 5.75 Å². The first-order valence-electron chi connectivity index (χ1n) is 11.8. The second-order valence-electron chi connectivity index (χ2n) is 9.89. The van der Waals surface area contributed by atoms with Gasteiger partial charge in [-0.25, -0.2) is 9.18 Å². The van der Waals surface area contributed by atoms with Gasteiger partial charge in [0.25, 0.3) is 0 Å². The van der Waals surface area contributed by atoms with Crippen molar-refractivity contribution in [2.45, 2.75) is 45.3 Å². The summed E-state index contributed by atoms with van der Waals surface area (Å²) in [7, 11) is 0. The Labute approximate surface area is 201 Å². The Kier molecular flexibility index (Phi) is 8.55. The number of benzene rings is 2. The van der Waals surface area contributed by atoms with Crippen LogP contribution in [0.3, 0.4) is 0 Å². The second-order valence-corrected chi connectivity index (χ2v) is 9.89. The van der Waals surface area contributed by atoms with Crippen LogP contribution in [0.4, 0.5) is 9.18 Å². The minimum absolute atomic E-state index is 0.0428. The summed E-state index contributed by atoms with van der Waals surface area (Å²) in [5.41, 5.74) is -0.138. The number of nitrogens with zero attached hydrogens (tertiary/aromatic N) is 1. The molecule has 34 heavy (non-hydrogen) atoms. The maximum Gasteiger partial charge on any atom is 0.407 e. The average molecular weight is 474 g/mol. The maximum atomic E-state index is 12.4. The third kappa shape index (κ3) is 5.88. The van der Waals surface area contributed by atoms with Crippen molar-refractivity contribution in [2.75, 3.05) is 33.0 Å². The monoisotopic (exact) mass is 473 g/mol. The van der Waals surface area contributed by atoms with Crippen molar-refractivity contribution >= 4 is 6.09 Å². The molecule has 0 bridgehead atoms. The molecule has 2 N–H and O–H groups in total. The van der Waals surface area contributed by atoms with Crippen molar-refractivity contribution in [2.24, 2.45) is 11.3 Å². The number of amides is 1. The normalized spacial score (nSPS) is 20.6. The van der Waals surface area contributed by atoms with Gasteiger partial charge in [0, 0.05) is 12.6 Å². The minimum Gasteiger partial charge on any atom is -0.491 e. The van der Waals surface area contributed by atoms with Crippen LogP contribution in [-0.4, -0.2) is 60.3 Å². The van der Waals surface area contributed by atoms with E-state index in [1.807, 2.05) is 75.4 Å². The van der Waals surface area contributed by atoms with Gasteiger partial charge >= 0.3 is 6.09 Å². The summed E-state index contributed by atoms with van der Waals surface area (Å²) >= 11 is 0. The number of likely N-dealkylation sites (tertiary alicyclic amines) is 1. The molecule has 2 aromatic carbocycles. The molecule has 1 aliphatic heterocycles. The molecule has 3 unspecified atom stereocenters. The summed E-state index contributed by atoms with van der Waals surface area (Å²) in [6.45, 7) is 6.54. The van der Waals surface area contributed by atoms with Crippen molar-refractivity contribution in [3.05, 3.63) is 65.7 Å². The Balaban J connectivity index is 1.94. The van der Waals surface area contributed by atoms with E-state index < -0.39 is 18.4 Å². The number of carbonyl (C=O) groups is 1. The van der Waals surface area contributed by atoms with Gasteiger partial charge in [0.05, 0.1) is 13.2 Å². The fourth-order valence-corrected chi connectivity index (χ4v) is 4.92. The highest BCUT2D eigenvalue weighted by atomic mass is 19.1. The van der Waals surface area contributed by atoms with Crippen LogP contribution in [0.25, 0.3) is 0 Å². The summed E-state index contributed by atoms with van der Waals surface area (Å²) < 4.78 is 23.1. The zero-order chi connectivity index (χ0) is 24.8. The van der Waals surface area contributed by atoms with E-state index in [0.717, 1.165) is 5.56 Å². The van der Waals surface area contributed by atoms with Gasteiger partial charge in [-0.05, 0) is 47.4 Å². The molecule has 1 aliphatic rings. The lowest BCUT2D eigenvalue weighted by Crippen LogP contribution is -2.55. The van der Waals surface area contributed by atoms with E-state index in [1.54, 1.807) is 0 Å². The van der Waals surface area contributed by atoms with Crippen molar-refractivity contribution in [1.82, 2.24) is 4.90 Å². The fraction of sp³-hybridized carbons (Fsp3) is 0.519. The van der Waals surface area contributed by atoms with E-state index in [1.165, 1.54) is 4.90 Å². The van der Waals surface area contributed by atoms with Gasteiger partial charge in [-0.15, -0.1) is 0 Å². The molecule has 0 aliphatic carbocycles. The van der Waals surface area contributed by atoms with E-state index in [2.05, 4.69) is 0 Å². The Morgan fingerprint density at radius 2 is 1.76 bits per heavy atom. The molecular weight excluding hydrogens is 437 g/mol. The number of aliphatic hydroxyl groups is 1. The van der Waals surface area contributed by atoms with Gasteiger partial charge in [0.1, 0.15) is 24.6 Å². The lowest BCUT2D eigenvalue weighted by molar-refractivity contribution is -0.0451. The molecule has 186 valence electrons. The molecule has 1 heterocycles. The van der Waals surface area contributed by atoms with E-state index in [4.69, 9.17) is 9.47 Å². The quantitative estimate of drug-likeness (QED) is 0.496. The highest BCUT2D eigenvalue weighted by Gasteiger charge is 2.47. The minimum atomic E-state index is -1.32. The largest absolute Gasteiger partial charge is 0.491 e. The summed E-state index contributed by atoms with van der Waals surface area (Å²) in [6, 6.07) is 16.7. The Morgan fingerprint density at radius 3 is 2.41 bits per heavy atom. The van der Waals surface area contributed by atoms with Crippen LogP contribution < -0.4 is 4.74 Å². The Morgan fingerprint density at radius 1 is 1.06 bits per heavy atom. The van der Waals surface area contributed by atoms with Gasteiger partial charge < -0.3 is 24.6 Å². The molecule has 6 nitrogen and oxygen atoms in total. The van der Waals surface area contributed by atoms with E-state index >= 15 is 0 Å². The molecule has 1 amide bonds. The molecule has 0 radical (unpaired) electrons. The molecule has 3 atom stereocenters. The van der Waals surface area contributed by atoms with E-state index in [0.29, 0.717) is 30.7 Å². The summed E-state index contributed by atoms with van der Waals surface area (Å²) in [6.07, 6.45) is 0.141. The van der Waals surface area contributed by atoms with Crippen LogP contribution in [-0.2, 0) is 10.3 Å². The van der Waals surface area contributed by atoms with Crippen LogP contribution in [0.15, 0.2) is 54.6 Å². The predicted octanol–water partition coefficient (Wildman–Crippen LogP) is 5.09. The number of alkyl halides is 1. The topological polar surface area (TPSA) is 79.2 Å². The molecule has 0 spiro atoms. The number of ether oxygens (including phenoxy) is 2. The second kappa shape index (κ2) is 11.2. The molecule has 1 saturated heterocycles. The Hall–Kier alpha value is -2.64. The third-order valence-electron chi connectivity index (χ3n) is 6.64. The molecule has 1 fully saturated rings. The summed E-state index contributed by atoms with van der Waals surface area (Å²) in [5, 5.41) is 22.1. The number of piperidine rings is 1. The zero-order valence-corrected chi connectivity index (χ0v) is 20.2. The smallest absolute Gasteiger partial charge is 0.407 e. The van der Waals surface area contributed by atoms with Crippen LogP contribution in [0.2, 0.25) is 0 Å². The van der Waals surface area contributed by atoms with Crippen molar-refractivity contribution in [1.29, 1.82) is 0 Å². The molecule has 0 aromatic heterocycles. The van der Waals surface area contributed by atoms with E-state index in [9.17, 15) is 19.4 Å². The summed E-state index contributed by atoms with van der Waals surface area (Å²) in [4.78, 5) is 13.4. The Bertz CT molecular complexity index is 932. The number of rotatable bonds is 9. The van der Waals surface area contributed by atoms with Gasteiger partial charge in [-0.2, -0.15) is 0 Å². The van der Waals surface area contributed by atoms with Gasteiger partial charge in [-0.1, -0.05) is 63.2 Å². The van der Waals surface area contributed by atoms with Gasteiger partial charge in [-0.3, -0.25) is 0 Å². The van der Waals surface area contributed by atoms with Crippen LogP contribution >= 0.6 is 0 Å².